The lowest BCUT2D eigenvalue weighted by molar-refractivity contribution is -0.117. The number of hydrogen-bond acceptors (Lipinski definition) is 6. The maximum absolute atomic E-state index is 14.7. The highest BCUT2D eigenvalue weighted by molar-refractivity contribution is 7.11. The van der Waals surface area contributed by atoms with Crippen LogP contribution in [0.3, 0.4) is 0 Å². The Morgan fingerprint density at radius 1 is 1.09 bits per heavy atom. The molecule has 10 heteroatoms. The predicted octanol–water partition coefficient (Wildman–Crippen LogP) is 4.82. The average Bonchev–Trinajstić information content (AvgIpc) is 3.19. The van der Waals surface area contributed by atoms with Crippen molar-refractivity contribution in [1.82, 2.24) is 0 Å². The monoisotopic (exact) mass is 475 g/mol. The lowest BCUT2D eigenvalue weighted by atomic mass is 10.0. The molecular weight excluding hydrogens is 459 g/mol. The average molecular weight is 475 g/mol. The van der Waals surface area contributed by atoms with Crippen molar-refractivity contribution in [3.05, 3.63) is 80.8 Å². The molecule has 2 heterocycles. The number of imide groups is 1. The molecule has 0 aliphatic carbocycles. The fourth-order valence-corrected chi connectivity index (χ4v) is 4.60. The van der Waals surface area contributed by atoms with Crippen LogP contribution in [0.4, 0.5) is 18.9 Å². The van der Waals surface area contributed by atoms with Gasteiger partial charge in [-0.1, -0.05) is 6.07 Å². The number of hydrogen-bond donors (Lipinski definition) is 0. The molecule has 0 radical (unpaired) electrons. The second-order valence-electron chi connectivity index (χ2n) is 7.16. The Morgan fingerprint density at radius 2 is 1.79 bits per heavy atom. The van der Waals surface area contributed by atoms with Gasteiger partial charge in [0.1, 0.15) is 29.3 Å². The lowest BCUT2D eigenvalue weighted by Crippen LogP contribution is -2.43. The minimum atomic E-state index is -1.09. The third kappa shape index (κ3) is 3.97. The van der Waals surface area contributed by atoms with E-state index in [4.69, 9.17) is 4.74 Å². The van der Waals surface area contributed by atoms with Gasteiger partial charge in [0.25, 0.3) is 5.91 Å². The maximum Gasteiger partial charge on any atom is 0.339 e. The van der Waals surface area contributed by atoms with E-state index in [2.05, 4.69) is 4.74 Å². The summed E-state index contributed by atoms with van der Waals surface area (Å²) in [5.41, 5.74) is -0.772. The molecule has 0 bridgehead atoms. The molecule has 170 valence electrons. The first-order valence-corrected chi connectivity index (χ1v) is 10.6. The van der Waals surface area contributed by atoms with Gasteiger partial charge >= 0.3 is 5.97 Å². The summed E-state index contributed by atoms with van der Waals surface area (Å²) in [6.07, 6.45) is -1.31. The van der Waals surface area contributed by atoms with Crippen LogP contribution >= 0.6 is 11.3 Å². The van der Waals surface area contributed by atoms with E-state index in [0.717, 1.165) is 42.7 Å². The normalized spacial score (nSPS) is 14.2. The van der Waals surface area contributed by atoms with Crippen molar-refractivity contribution in [2.24, 2.45) is 0 Å². The summed E-state index contributed by atoms with van der Waals surface area (Å²) in [7, 11) is 1.16. The second kappa shape index (κ2) is 8.70. The molecule has 1 unspecified atom stereocenters. The number of rotatable bonds is 5. The summed E-state index contributed by atoms with van der Waals surface area (Å²) in [6.45, 7) is 1.40. The van der Waals surface area contributed by atoms with Crippen LogP contribution in [0.2, 0.25) is 0 Å². The molecule has 0 fully saturated rings. The van der Waals surface area contributed by atoms with Gasteiger partial charge in [-0.15, -0.1) is 11.3 Å². The number of amides is 2. The number of fused-ring (bicyclic) bond motifs is 1. The standard InChI is InChI=1S/C23H16F3NO5S/c1-11(20-15(25)4-3-5-16(20)26)32-12-6-7-14(24)17(8-12)27-19(28)9-18-21(22(27)29)13(10-33-18)23(30)31-2/h3-8,10-11H,9H2,1-2H3. The number of carbonyl (C=O) groups excluding carboxylic acids is 3. The van der Waals surface area contributed by atoms with Crippen LogP contribution in [0.25, 0.3) is 0 Å². The molecule has 1 atom stereocenters. The van der Waals surface area contributed by atoms with Crippen molar-refractivity contribution >= 4 is 34.8 Å². The van der Waals surface area contributed by atoms with Crippen molar-refractivity contribution in [3.63, 3.8) is 0 Å². The molecule has 0 N–H and O–H groups in total. The fraction of sp³-hybridized carbons (Fsp3) is 0.174. The van der Waals surface area contributed by atoms with E-state index in [1.165, 1.54) is 24.4 Å². The van der Waals surface area contributed by atoms with E-state index >= 15 is 0 Å². The first kappa shape index (κ1) is 22.5. The van der Waals surface area contributed by atoms with E-state index < -0.39 is 47.0 Å². The van der Waals surface area contributed by atoms with Gasteiger partial charge in [0.05, 0.1) is 35.9 Å². The SMILES string of the molecule is COC(=O)c1csc2c1C(=O)N(c1cc(OC(C)c3c(F)cccc3F)ccc1F)C(=O)C2. The van der Waals surface area contributed by atoms with Crippen LogP contribution < -0.4 is 9.64 Å². The Hall–Kier alpha value is -3.66. The zero-order valence-electron chi connectivity index (χ0n) is 17.4. The number of nitrogens with zero attached hydrogens (tertiary/aromatic N) is 1. The molecule has 0 saturated carbocycles. The van der Waals surface area contributed by atoms with Crippen molar-refractivity contribution in [2.75, 3.05) is 12.0 Å². The molecule has 0 spiro atoms. The second-order valence-corrected chi connectivity index (χ2v) is 8.12. The first-order valence-electron chi connectivity index (χ1n) is 9.69. The Bertz CT molecular complexity index is 1270. The number of benzene rings is 2. The zero-order valence-corrected chi connectivity index (χ0v) is 18.2. The minimum absolute atomic E-state index is 0.0172. The summed E-state index contributed by atoms with van der Waals surface area (Å²) in [6, 6.07) is 6.65. The summed E-state index contributed by atoms with van der Waals surface area (Å²) in [5, 5.41) is 1.41. The van der Waals surface area contributed by atoms with Crippen molar-refractivity contribution in [1.29, 1.82) is 0 Å². The Balaban J connectivity index is 1.70. The van der Waals surface area contributed by atoms with Gasteiger partial charge in [-0.25, -0.2) is 22.9 Å². The van der Waals surface area contributed by atoms with E-state index in [1.54, 1.807) is 0 Å². The third-order valence-electron chi connectivity index (χ3n) is 5.13. The highest BCUT2D eigenvalue weighted by Crippen LogP contribution is 2.36. The highest BCUT2D eigenvalue weighted by Gasteiger charge is 2.38. The topological polar surface area (TPSA) is 72.9 Å². The summed E-state index contributed by atoms with van der Waals surface area (Å²) < 4.78 is 53.1. The molecule has 2 aromatic carbocycles. The molecule has 1 aliphatic heterocycles. The highest BCUT2D eigenvalue weighted by atomic mass is 32.1. The van der Waals surface area contributed by atoms with Crippen LogP contribution in [0.1, 0.15) is 44.2 Å². The molecular formula is C23H16F3NO5S. The number of thiophene rings is 1. The minimum Gasteiger partial charge on any atom is -0.486 e. The Morgan fingerprint density at radius 3 is 2.45 bits per heavy atom. The van der Waals surface area contributed by atoms with Gasteiger partial charge in [0, 0.05) is 16.3 Å². The van der Waals surface area contributed by atoms with E-state index in [1.807, 2.05) is 0 Å². The molecule has 1 aliphatic rings. The van der Waals surface area contributed by atoms with E-state index in [0.29, 0.717) is 9.78 Å². The van der Waals surface area contributed by atoms with Gasteiger partial charge < -0.3 is 9.47 Å². The van der Waals surface area contributed by atoms with Gasteiger partial charge in [0.15, 0.2) is 0 Å². The third-order valence-corrected chi connectivity index (χ3v) is 6.11. The Labute approximate surface area is 190 Å². The van der Waals surface area contributed by atoms with Gasteiger partial charge in [-0.3, -0.25) is 9.59 Å². The van der Waals surface area contributed by atoms with Gasteiger partial charge in [-0.2, -0.15) is 0 Å². The van der Waals surface area contributed by atoms with Crippen LogP contribution in [-0.2, 0) is 16.0 Å². The lowest BCUT2D eigenvalue weighted by Gasteiger charge is -2.26. The molecule has 3 aromatic rings. The number of methoxy groups -OCH3 is 1. The summed E-state index contributed by atoms with van der Waals surface area (Å²) in [4.78, 5) is 38.8. The summed E-state index contributed by atoms with van der Waals surface area (Å²) in [5.74, 6) is -4.88. The van der Waals surface area contributed by atoms with Crippen LogP contribution in [-0.4, -0.2) is 24.9 Å². The van der Waals surface area contributed by atoms with Gasteiger partial charge in [0.2, 0.25) is 5.91 Å². The largest absolute Gasteiger partial charge is 0.486 e. The number of halogens is 3. The van der Waals surface area contributed by atoms with Crippen molar-refractivity contribution in [3.8, 4) is 5.75 Å². The zero-order chi connectivity index (χ0) is 23.9. The van der Waals surface area contributed by atoms with Crippen LogP contribution in [0, 0.1) is 17.5 Å². The molecule has 4 rings (SSSR count). The molecule has 6 nitrogen and oxygen atoms in total. The molecule has 1 aromatic heterocycles. The fourth-order valence-electron chi connectivity index (χ4n) is 3.61. The number of anilines is 1. The first-order chi connectivity index (χ1) is 15.7. The van der Waals surface area contributed by atoms with Crippen molar-refractivity contribution < 1.29 is 37.0 Å². The van der Waals surface area contributed by atoms with E-state index in [-0.39, 0.29) is 28.9 Å². The number of esters is 1. The molecule has 0 saturated heterocycles. The predicted molar refractivity (Wildman–Crippen MR) is 113 cm³/mol. The van der Waals surface area contributed by atoms with Gasteiger partial charge in [-0.05, 0) is 31.2 Å². The summed E-state index contributed by atoms with van der Waals surface area (Å²) >= 11 is 1.06. The van der Waals surface area contributed by atoms with E-state index in [9.17, 15) is 27.6 Å². The molecule has 33 heavy (non-hydrogen) atoms. The van der Waals surface area contributed by atoms with Crippen LogP contribution in [0.5, 0.6) is 5.75 Å². The molecule has 2 amide bonds. The number of carbonyl (C=O) groups is 3. The smallest absolute Gasteiger partial charge is 0.339 e. The van der Waals surface area contributed by atoms with Crippen LogP contribution in [0.15, 0.2) is 41.8 Å². The maximum atomic E-state index is 14.7. The van der Waals surface area contributed by atoms with Crippen molar-refractivity contribution in [2.45, 2.75) is 19.4 Å². The quantitative estimate of drug-likeness (QED) is 0.391. The number of ether oxygens (including phenoxy) is 2. The Kier molecular flexibility index (Phi) is 5.94.